The van der Waals surface area contributed by atoms with Crippen molar-refractivity contribution in [1.82, 2.24) is 20.0 Å². The lowest BCUT2D eigenvalue weighted by atomic mass is 10.1. The smallest absolute Gasteiger partial charge is 0.151 e. The van der Waals surface area contributed by atoms with Crippen LogP contribution in [0.25, 0.3) is 0 Å². The second-order valence-corrected chi connectivity index (χ2v) is 5.62. The van der Waals surface area contributed by atoms with Crippen LogP contribution in [-0.4, -0.2) is 33.1 Å². The molecule has 1 aliphatic rings. The molecule has 5 heteroatoms. The number of anilines is 1. The minimum absolute atomic E-state index is 0.512. The van der Waals surface area contributed by atoms with Gasteiger partial charge in [-0.15, -0.1) is 5.10 Å². The largest absolute Gasteiger partial charge is 0.355 e. The molecule has 1 saturated heterocycles. The molecule has 0 aliphatic carbocycles. The van der Waals surface area contributed by atoms with Gasteiger partial charge in [-0.05, 0) is 51.8 Å². The van der Waals surface area contributed by atoms with Gasteiger partial charge in [0.2, 0.25) is 0 Å². The van der Waals surface area contributed by atoms with E-state index < -0.39 is 0 Å². The minimum Gasteiger partial charge on any atom is -0.355 e. The Kier molecular flexibility index (Phi) is 3.42. The number of aryl methyl sites for hydroxylation is 3. The Hall–Kier alpha value is -1.91. The normalized spacial score (nSPS) is 16.6. The Morgan fingerprint density at radius 1 is 1.00 bits per heavy atom. The number of piperidine rings is 1. The van der Waals surface area contributed by atoms with Crippen molar-refractivity contribution in [3.05, 3.63) is 35.3 Å². The predicted octanol–water partition coefficient (Wildman–Crippen LogP) is 2.44. The zero-order valence-corrected chi connectivity index (χ0v) is 12.4. The summed E-state index contributed by atoms with van der Waals surface area (Å²) in [7, 11) is 0. The third-order valence-corrected chi connectivity index (χ3v) is 3.96. The molecule has 2 aromatic rings. The van der Waals surface area contributed by atoms with Gasteiger partial charge >= 0.3 is 0 Å². The van der Waals surface area contributed by atoms with Gasteiger partial charge in [-0.2, -0.15) is 10.2 Å². The zero-order valence-electron chi connectivity index (χ0n) is 12.4. The first-order valence-electron chi connectivity index (χ1n) is 7.21. The molecule has 0 N–H and O–H groups in total. The monoisotopic (exact) mass is 271 g/mol. The summed E-state index contributed by atoms with van der Waals surface area (Å²) in [5.41, 5.74) is 3.33. The highest BCUT2D eigenvalue weighted by Crippen LogP contribution is 2.26. The molecule has 0 radical (unpaired) electrons. The molecular formula is C15H21N5. The van der Waals surface area contributed by atoms with Gasteiger partial charge in [-0.1, -0.05) is 0 Å². The quantitative estimate of drug-likeness (QED) is 0.841. The number of rotatable bonds is 2. The van der Waals surface area contributed by atoms with Crippen molar-refractivity contribution in [3.8, 4) is 0 Å². The molecule has 0 aromatic carbocycles. The van der Waals surface area contributed by atoms with Crippen molar-refractivity contribution in [3.63, 3.8) is 0 Å². The van der Waals surface area contributed by atoms with E-state index in [1.54, 1.807) is 0 Å². The van der Waals surface area contributed by atoms with E-state index in [1.807, 2.05) is 13.0 Å². The van der Waals surface area contributed by atoms with Gasteiger partial charge in [0.25, 0.3) is 0 Å². The molecule has 106 valence electrons. The maximum atomic E-state index is 4.61. The van der Waals surface area contributed by atoms with Gasteiger partial charge in [-0.3, -0.25) is 4.68 Å². The highest BCUT2D eigenvalue weighted by Gasteiger charge is 2.23. The fourth-order valence-corrected chi connectivity index (χ4v) is 2.92. The maximum absolute atomic E-state index is 4.61. The van der Waals surface area contributed by atoms with Crippen molar-refractivity contribution in [1.29, 1.82) is 0 Å². The Morgan fingerprint density at radius 3 is 2.30 bits per heavy atom. The van der Waals surface area contributed by atoms with Gasteiger partial charge in [0.1, 0.15) is 0 Å². The Labute approximate surface area is 119 Å². The summed E-state index contributed by atoms with van der Waals surface area (Å²) >= 11 is 0. The molecule has 3 rings (SSSR count). The lowest BCUT2D eigenvalue weighted by Crippen LogP contribution is -2.35. The third-order valence-electron chi connectivity index (χ3n) is 3.96. The summed E-state index contributed by atoms with van der Waals surface area (Å²) in [4.78, 5) is 2.31. The Bertz CT molecular complexity index is 579. The summed E-state index contributed by atoms with van der Waals surface area (Å²) in [6, 6.07) is 6.75. The molecule has 0 spiro atoms. The topological polar surface area (TPSA) is 46.8 Å². The van der Waals surface area contributed by atoms with E-state index in [4.69, 9.17) is 0 Å². The van der Waals surface area contributed by atoms with E-state index in [2.05, 4.69) is 50.9 Å². The van der Waals surface area contributed by atoms with Gasteiger partial charge in [0, 0.05) is 18.8 Å². The van der Waals surface area contributed by atoms with E-state index in [-0.39, 0.29) is 0 Å². The third kappa shape index (κ3) is 2.53. The molecule has 0 saturated carbocycles. The Balaban J connectivity index is 1.67. The summed E-state index contributed by atoms with van der Waals surface area (Å²) in [6.45, 7) is 8.19. The zero-order chi connectivity index (χ0) is 14.1. The van der Waals surface area contributed by atoms with Crippen LogP contribution in [0.4, 0.5) is 5.82 Å². The lowest BCUT2D eigenvalue weighted by molar-refractivity contribution is 0.359. The molecule has 0 unspecified atom stereocenters. The van der Waals surface area contributed by atoms with Crippen LogP contribution in [0.1, 0.15) is 36.0 Å². The molecule has 2 aromatic heterocycles. The summed E-state index contributed by atoms with van der Waals surface area (Å²) in [6.07, 6.45) is 2.22. The molecule has 0 atom stereocenters. The van der Waals surface area contributed by atoms with Crippen LogP contribution >= 0.6 is 0 Å². The van der Waals surface area contributed by atoms with Crippen molar-refractivity contribution in [2.45, 2.75) is 39.7 Å². The predicted molar refractivity (Wildman–Crippen MR) is 79.0 cm³/mol. The molecule has 5 nitrogen and oxygen atoms in total. The van der Waals surface area contributed by atoms with Gasteiger partial charge in [0.15, 0.2) is 5.82 Å². The average Bonchev–Trinajstić information content (AvgIpc) is 2.79. The second-order valence-electron chi connectivity index (χ2n) is 5.62. The van der Waals surface area contributed by atoms with Crippen LogP contribution < -0.4 is 4.90 Å². The molecule has 0 amide bonds. The van der Waals surface area contributed by atoms with E-state index >= 15 is 0 Å². The first-order valence-corrected chi connectivity index (χ1v) is 7.21. The molecule has 20 heavy (non-hydrogen) atoms. The number of hydrogen-bond donors (Lipinski definition) is 0. The first kappa shape index (κ1) is 13.1. The van der Waals surface area contributed by atoms with E-state index in [0.29, 0.717) is 6.04 Å². The average molecular weight is 271 g/mol. The number of hydrogen-bond acceptors (Lipinski definition) is 4. The summed E-state index contributed by atoms with van der Waals surface area (Å²) < 4.78 is 2.19. The fraction of sp³-hybridized carbons (Fsp3) is 0.533. The van der Waals surface area contributed by atoms with Gasteiger partial charge in [0.05, 0.1) is 17.4 Å². The fourth-order valence-electron chi connectivity index (χ4n) is 2.92. The molecule has 1 fully saturated rings. The van der Waals surface area contributed by atoms with Crippen LogP contribution in [0.5, 0.6) is 0 Å². The number of aromatic nitrogens is 4. The lowest BCUT2D eigenvalue weighted by Gasteiger charge is -2.33. The van der Waals surface area contributed by atoms with Gasteiger partial charge in [-0.25, -0.2) is 0 Å². The molecular weight excluding hydrogens is 250 g/mol. The van der Waals surface area contributed by atoms with Crippen LogP contribution in [0.3, 0.4) is 0 Å². The number of nitrogens with zero attached hydrogens (tertiary/aromatic N) is 5. The SMILES string of the molecule is Cc1ccc(N2CCC(n3nc(C)cc3C)CC2)nn1. The van der Waals surface area contributed by atoms with Crippen molar-refractivity contribution < 1.29 is 0 Å². The van der Waals surface area contributed by atoms with Crippen LogP contribution in [0.2, 0.25) is 0 Å². The van der Waals surface area contributed by atoms with E-state index in [9.17, 15) is 0 Å². The highest BCUT2D eigenvalue weighted by molar-refractivity contribution is 5.37. The van der Waals surface area contributed by atoms with Gasteiger partial charge < -0.3 is 4.90 Å². The summed E-state index contributed by atoms with van der Waals surface area (Å²) in [5.74, 6) is 0.988. The van der Waals surface area contributed by atoms with Crippen molar-refractivity contribution in [2.75, 3.05) is 18.0 Å². The van der Waals surface area contributed by atoms with E-state index in [0.717, 1.165) is 43.1 Å². The minimum atomic E-state index is 0.512. The van der Waals surface area contributed by atoms with Crippen molar-refractivity contribution >= 4 is 5.82 Å². The van der Waals surface area contributed by atoms with Crippen molar-refractivity contribution in [2.24, 2.45) is 0 Å². The molecule has 3 heterocycles. The summed E-state index contributed by atoms with van der Waals surface area (Å²) in [5, 5.41) is 13.0. The van der Waals surface area contributed by atoms with E-state index in [1.165, 1.54) is 5.69 Å². The standard InChI is InChI=1S/C15H21N5/c1-11-4-5-15(17-16-11)19-8-6-14(7-9-19)20-13(3)10-12(2)18-20/h4-5,10,14H,6-9H2,1-3H3. The Morgan fingerprint density at radius 2 is 1.75 bits per heavy atom. The first-order chi connectivity index (χ1) is 9.63. The van der Waals surface area contributed by atoms with Crippen LogP contribution in [-0.2, 0) is 0 Å². The maximum Gasteiger partial charge on any atom is 0.151 e. The molecule has 1 aliphatic heterocycles. The molecule has 0 bridgehead atoms. The van der Waals surface area contributed by atoms with Crippen LogP contribution in [0, 0.1) is 20.8 Å². The van der Waals surface area contributed by atoms with Crippen LogP contribution in [0.15, 0.2) is 18.2 Å². The highest BCUT2D eigenvalue weighted by atomic mass is 15.3. The second kappa shape index (κ2) is 5.23.